The van der Waals surface area contributed by atoms with Gasteiger partial charge in [-0.25, -0.2) is 4.67 Å². The van der Waals surface area contributed by atoms with Crippen LogP contribution in [0.25, 0.3) is 56.2 Å². The molecule has 4 aliphatic rings. The SMILES string of the molecule is C[C@@H](c1ccccc1)N(CCN([C@@H](C)c1ccccc1)p1oc2cccc3oc4c(c5ccccc5oc5cccc(o1)c5c32)=CCCC=4)P1Oc2cccc3c2C2(c4ccccc4O3)c3ccccc3Oc3cccc(c32)O1. The number of rotatable bonds is 9. The van der Waals surface area contributed by atoms with Gasteiger partial charge < -0.3 is 35.7 Å². The van der Waals surface area contributed by atoms with E-state index < -0.39 is 22.1 Å². The van der Waals surface area contributed by atoms with E-state index in [-0.39, 0.29) is 12.1 Å². The van der Waals surface area contributed by atoms with E-state index in [2.05, 4.69) is 138 Å². The van der Waals surface area contributed by atoms with Gasteiger partial charge in [-0.05, 0) is 111 Å². The molecular weight excluding hydrogens is 1020 g/mol. The minimum absolute atomic E-state index is 0.191. The maximum absolute atomic E-state index is 7.58. The van der Waals surface area contributed by atoms with Crippen molar-refractivity contribution in [1.29, 1.82) is 0 Å². The maximum atomic E-state index is 7.58. The fraction of sp³-hybridized carbons (Fsp3) is 0.134. The Morgan fingerprint density at radius 3 is 1.51 bits per heavy atom. The molecular formula is C67H52N2O8P2. The lowest BCUT2D eigenvalue weighted by Gasteiger charge is -2.47. The van der Waals surface area contributed by atoms with Crippen LogP contribution in [-0.4, -0.2) is 17.8 Å². The third-order valence-electron chi connectivity index (χ3n) is 15.8. The second kappa shape index (κ2) is 19.5. The average molecular weight is 1080 g/mol. The van der Waals surface area contributed by atoms with E-state index in [4.69, 9.17) is 35.7 Å². The second-order valence-electron chi connectivity index (χ2n) is 20.3. The summed E-state index contributed by atoms with van der Waals surface area (Å²) in [5, 5.41) is 3.49. The van der Waals surface area contributed by atoms with Crippen molar-refractivity contribution in [3.8, 4) is 34.5 Å². The second-order valence-corrected chi connectivity index (χ2v) is 23.0. The van der Waals surface area contributed by atoms with Crippen LogP contribution in [0.2, 0.25) is 0 Å². The normalized spacial score (nSPS) is 15.5. The molecule has 5 heterocycles. The van der Waals surface area contributed by atoms with Crippen LogP contribution < -0.4 is 33.8 Å². The Labute approximate surface area is 457 Å². The van der Waals surface area contributed by atoms with Gasteiger partial charge >= 0.3 is 16.7 Å². The van der Waals surface area contributed by atoms with Crippen molar-refractivity contribution >= 4 is 72.9 Å². The first kappa shape index (κ1) is 47.7. The van der Waals surface area contributed by atoms with E-state index in [0.29, 0.717) is 58.4 Å². The summed E-state index contributed by atoms with van der Waals surface area (Å²) >= 11 is 0. The topological polar surface area (TPSA) is 96.0 Å². The lowest BCUT2D eigenvalue weighted by atomic mass is 9.62. The maximum Gasteiger partial charge on any atom is 0.385 e. The highest BCUT2D eigenvalue weighted by molar-refractivity contribution is 7.45. The zero-order chi connectivity index (χ0) is 52.6. The summed E-state index contributed by atoms with van der Waals surface area (Å²) in [5.41, 5.74) is 9.12. The van der Waals surface area contributed by atoms with Crippen molar-refractivity contribution in [3.63, 3.8) is 0 Å². The van der Waals surface area contributed by atoms with Gasteiger partial charge in [0, 0.05) is 46.9 Å². The molecule has 10 nitrogen and oxygen atoms in total. The van der Waals surface area contributed by atoms with Gasteiger partial charge in [0.05, 0.1) is 27.3 Å². The molecule has 3 atom stereocenters. The minimum Gasteiger partial charge on any atom is -0.457 e. The number of ether oxygens (including phenoxy) is 2. The number of nitrogens with zero attached hydrogens (tertiary/aromatic N) is 2. The molecule has 0 amide bonds. The molecule has 0 N–H and O–H groups in total. The molecule has 2 aromatic heterocycles. The minimum atomic E-state index is -1.95. The molecule has 12 heteroatoms. The Balaban J connectivity index is 0.924. The zero-order valence-electron chi connectivity index (χ0n) is 43.3. The van der Waals surface area contributed by atoms with Gasteiger partial charge in [-0.15, -0.1) is 0 Å². The number of para-hydroxylation sites is 3. The number of hydrogen-bond donors (Lipinski definition) is 0. The highest BCUT2D eigenvalue weighted by Crippen LogP contribution is 2.68. The number of fused-ring (bicyclic) bond motifs is 5. The Hall–Kier alpha value is -8.49. The van der Waals surface area contributed by atoms with Gasteiger partial charge in [0.1, 0.15) is 67.8 Å². The largest absolute Gasteiger partial charge is 0.457 e. The van der Waals surface area contributed by atoms with Crippen molar-refractivity contribution in [3.05, 3.63) is 250 Å². The van der Waals surface area contributed by atoms with E-state index in [9.17, 15) is 0 Å². The molecule has 388 valence electrons. The van der Waals surface area contributed by atoms with Crippen LogP contribution in [0.1, 0.15) is 72.2 Å². The van der Waals surface area contributed by atoms with Crippen molar-refractivity contribution in [1.82, 2.24) is 4.67 Å². The van der Waals surface area contributed by atoms with Crippen LogP contribution in [0.3, 0.4) is 0 Å². The third-order valence-corrected chi connectivity index (χ3v) is 19.2. The quantitative estimate of drug-likeness (QED) is 0.130. The van der Waals surface area contributed by atoms with Gasteiger partial charge in [0.2, 0.25) is 0 Å². The molecule has 0 bridgehead atoms. The summed E-state index contributed by atoms with van der Waals surface area (Å²) in [6.45, 7) is 5.38. The van der Waals surface area contributed by atoms with E-state index in [1.165, 1.54) is 0 Å². The predicted molar refractivity (Wildman–Crippen MR) is 313 cm³/mol. The summed E-state index contributed by atoms with van der Waals surface area (Å²) < 4.78 is 62.5. The molecule has 1 aliphatic carbocycles. The third kappa shape index (κ3) is 7.88. The molecule has 0 radical (unpaired) electrons. The summed E-state index contributed by atoms with van der Waals surface area (Å²) in [4.78, 5) is 0. The summed E-state index contributed by atoms with van der Waals surface area (Å²) in [6, 6.07) is 69.7. The molecule has 0 saturated heterocycles. The highest BCUT2D eigenvalue weighted by Gasteiger charge is 2.55. The van der Waals surface area contributed by atoms with Crippen LogP contribution >= 0.6 is 16.7 Å². The van der Waals surface area contributed by atoms with Gasteiger partial charge in [0.15, 0.2) is 0 Å². The Morgan fingerprint density at radius 2 is 0.886 bits per heavy atom. The summed E-state index contributed by atoms with van der Waals surface area (Å²) in [6.07, 6.45) is 6.18. The number of hydrogen-bond acceptors (Lipinski definition) is 10. The first-order valence-corrected chi connectivity index (χ1v) is 29.1. The fourth-order valence-corrected chi connectivity index (χ4v) is 15.2. The van der Waals surface area contributed by atoms with Crippen molar-refractivity contribution in [2.45, 2.75) is 44.2 Å². The zero-order valence-corrected chi connectivity index (χ0v) is 45.1. The number of benzene rings is 9. The molecule has 1 unspecified atom stereocenters. The highest BCUT2D eigenvalue weighted by atomic mass is 31.2. The summed E-state index contributed by atoms with van der Waals surface area (Å²) in [7, 11) is -3.86. The standard InChI is InChI=1S/C67H52N2O8P2/c1-43(45-21-5-3-6-22-45)68(78-74-57-35-17-33-55-63(57)64-56(34-18-36-58(64)75-78)71-52-30-14-10-26-48(52)47-25-9-13-29-51(47)70-55)41-42-69(44(2)46-23-7-4-8-24-46)79-76-61-39-19-37-59-65(61)67(49-27-11-15-31-53(49)72-59)50-28-12-16-32-54(50)73-60-38-20-40-62(77-79)66(60)67/h3-9,11-13,15-40,43-44H,10,14,41-42H2,1-2H3/t43-,44-,67?,78?/m0/s1. The molecule has 11 aromatic rings. The monoisotopic (exact) mass is 1070 g/mol. The van der Waals surface area contributed by atoms with Crippen LogP contribution in [-0.2, 0) is 5.41 Å². The average Bonchev–Trinajstić information content (AvgIpc) is 3.84. The van der Waals surface area contributed by atoms with Crippen molar-refractivity contribution in [2.75, 3.05) is 17.8 Å². The first-order chi connectivity index (χ1) is 39.0. The molecule has 15 rings (SSSR count). The fourth-order valence-electron chi connectivity index (χ4n) is 12.1. The van der Waals surface area contributed by atoms with Crippen LogP contribution in [0.4, 0.5) is 0 Å². The Kier molecular flexibility index (Phi) is 11.7. The predicted octanol–water partition coefficient (Wildman–Crippen LogP) is 17.3. The van der Waals surface area contributed by atoms with E-state index in [1.54, 1.807) is 0 Å². The van der Waals surface area contributed by atoms with E-state index >= 15 is 0 Å². The van der Waals surface area contributed by atoms with E-state index in [0.717, 1.165) is 90.1 Å². The van der Waals surface area contributed by atoms with Gasteiger partial charge in [-0.1, -0.05) is 146 Å². The van der Waals surface area contributed by atoms with Crippen LogP contribution in [0.15, 0.2) is 223 Å². The molecule has 3 aliphatic heterocycles. The molecule has 79 heavy (non-hydrogen) atoms. The van der Waals surface area contributed by atoms with E-state index in [1.807, 2.05) is 103 Å². The van der Waals surface area contributed by atoms with Gasteiger partial charge in [0.25, 0.3) is 0 Å². The molecule has 1 spiro atoms. The Bertz CT molecular complexity index is 4340. The Morgan fingerprint density at radius 1 is 0.430 bits per heavy atom. The van der Waals surface area contributed by atoms with Crippen LogP contribution in [0, 0.1) is 0 Å². The van der Waals surface area contributed by atoms with Crippen molar-refractivity contribution < 1.29 is 35.7 Å². The molecule has 0 fully saturated rings. The van der Waals surface area contributed by atoms with Crippen LogP contribution in [0.5, 0.6) is 34.5 Å². The van der Waals surface area contributed by atoms with Crippen molar-refractivity contribution in [2.24, 2.45) is 0 Å². The van der Waals surface area contributed by atoms with Gasteiger partial charge in [-0.2, -0.15) is 4.67 Å². The smallest absolute Gasteiger partial charge is 0.385 e. The molecule has 0 saturated carbocycles. The first-order valence-electron chi connectivity index (χ1n) is 26.9. The summed E-state index contributed by atoms with van der Waals surface area (Å²) in [5.74, 6) is 4.28. The molecule has 9 aromatic carbocycles. The van der Waals surface area contributed by atoms with Gasteiger partial charge in [-0.3, -0.25) is 0 Å². The lowest BCUT2D eigenvalue weighted by molar-refractivity contribution is 0.292. The lowest BCUT2D eigenvalue weighted by Crippen LogP contribution is -2.40.